The van der Waals surface area contributed by atoms with Crippen molar-refractivity contribution in [2.24, 2.45) is 4.99 Å². The molecule has 1 fully saturated rings. The Morgan fingerprint density at radius 1 is 1.23 bits per heavy atom. The molecule has 6 nitrogen and oxygen atoms in total. The number of aliphatic imine (C=N–C) groups is 1. The second-order valence-corrected chi connectivity index (χ2v) is 8.39. The monoisotopic (exact) mass is 428 g/mol. The van der Waals surface area contributed by atoms with E-state index in [0.717, 1.165) is 49.9 Å². The molecule has 1 aliphatic heterocycles. The van der Waals surface area contributed by atoms with Crippen LogP contribution >= 0.6 is 12.2 Å². The van der Waals surface area contributed by atoms with E-state index in [9.17, 15) is 9.90 Å². The first-order valence-electron chi connectivity index (χ1n) is 10.7. The number of thiocarbonyl (C=S) groups is 1. The van der Waals surface area contributed by atoms with Gasteiger partial charge >= 0.3 is 0 Å². The zero-order valence-corrected chi connectivity index (χ0v) is 18.7. The lowest BCUT2D eigenvalue weighted by Crippen LogP contribution is -2.52. The van der Waals surface area contributed by atoms with Crippen molar-refractivity contribution in [2.75, 3.05) is 45.8 Å². The molecule has 2 aliphatic rings. The molecule has 1 aliphatic carbocycles. The normalized spacial score (nSPS) is 20.8. The fourth-order valence-electron chi connectivity index (χ4n) is 3.92. The zero-order chi connectivity index (χ0) is 21.5. The first-order chi connectivity index (χ1) is 14.5. The number of nitrogens with zero attached hydrogens (tertiary/aromatic N) is 3. The molecule has 3 rings (SSSR count). The maximum atomic E-state index is 12.6. The molecule has 1 unspecified atom stereocenters. The minimum atomic E-state index is -0.0291. The number of benzene rings is 1. The van der Waals surface area contributed by atoms with Crippen LogP contribution in [0.1, 0.15) is 36.8 Å². The first kappa shape index (κ1) is 22.4. The fraction of sp³-hybridized carbons (Fsp3) is 0.522. The lowest BCUT2D eigenvalue weighted by atomic mass is 9.83. The van der Waals surface area contributed by atoms with Gasteiger partial charge in [-0.05, 0) is 37.5 Å². The molecule has 7 heteroatoms. The molecule has 0 saturated carbocycles. The van der Waals surface area contributed by atoms with Gasteiger partial charge in [0.2, 0.25) is 0 Å². The topological polar surface area (TPSA) is 68.2 Å². The molecular formula is C23H32N4O2S. The summed E-state index contributed by atoms with van der Waals surface area (Å²) in [6, 6.07) is 8.19. The molecule has 1 aromatic rings. The van der Waals surface area contributed by atoms with Crippen LogP contribution < -0.4 is 5.32 Å². The van der Waals surface area contributed by atoms with E-state index in [1.54, 1.807) is 6.21 Å². The summed E-state index contributed by atoms with van der Waals surface area (Å²) in [5.41, 5.74) is 2.67. The van der Waals surface area contributed by atoms with E-state index in [0.29, 0.717) is 25.0 Å². The highest BCUT2D eigenvalue weighted by molar-refractivity contribution is 7.80. The molecule has 2 N–H and O–H groups in total. The molecule has 162 valence electrons. The lowest BCUT2D eigenvalue weighted by Gasteiger charge is -2.35. The zero-order valence-electron chi connectivity index (χ0n) is 17.9. The molecule has 1 aromatic carbocycles. The minimum Gasteiger partial charge on any atom is -0.511 e. The minimum absolute atomic E-state index is 0.0291. The van der Waals surface area contributed by atoms with Gasteiger partial charge in [-0.2, -0.15) is 0 Å². The predicted octanol–water partition coefficient (Wildman–Crippen LogP) is 2.84. The predicted molar refractivity (Wildman–Crippen MR) is 125 cm³/mol. The van der Waals surface area contributed by atoms with Crippen LogP contribution in [0, 0.1) is 6.92 Å². The van der Waals surface area contributed by atoms with Crippen molar-refractivity contribution in [1.29, 1.82) is 0 Å². The average Bonchev–Trinajstić information content (AvgIpc) is 2.73. The van der Waals surface area contributed by atoms with Crippen molar-refractivity contribution < 1.29 is 9.90 Å². The summed E-state index contributed by atoms with van der Waals surface area (Å²) >= 11 is 5.37. The van der Waals surface area contributed by atoms with Gasteiger partial charge in [0.1, 0.15) is 5.76 Å². The molecule has 0 radical (unpaired) electrons. The van der Waals surface area contributed by atoms with Gasteiger partial charge in [0.15, 0.2) is 10.9 Å². The standard InChI is InChI=1S/C23H32N4O2S/c1-3-25-23(30)27-12-10-26(11-13-27)9-8-24-16-20-21(28)14-19(15-22(20)29)18-6-4-17(2)5-7-18/h4-7,16,19,28H,3,8-15H2,1-2H3,(H,25,30). The van der Waals surface area contributed by atoms with Crippen molar-refractivity contribution in [3.05, 3.63) is 46.7 Å². The number of hydrogen-bond donors (Lipinski definition) is 2. The number of aliphatic hydroxyl groups is 1. The van der Waals surface area contributed by atoms with Crippen molar-refractivity contribution in [3.63, 3.8) is 0 Å². The third-order valence-corrected chi connectivity index (χ3v) is 6.19. The first-order valence-corrected chi connectivity index (χ1v) is 11.2. The van der Waals surface area contributed by atoms with Crippen molar-refractivity contribution in [2.45, 2.75) is 32.6 Å². The van der Waals surface area contributed by atoms with Crippen LogP contribution in [-0.4, -0.2) is 77.8 Å². The van der Waals surface area contributed by atoms with E-state index in [2.05, 4.69) is 20.1 Å². The third kappa shape index (κ3) is 5.89. The Morgan fingerprint density at radius 2 is 1.93 bits per heavy atom. The number of carbonyl (C=O) groups excluding carboxylic acids is 1. The van der Waals surface area contributed by atoms with Gasteiger partial charge in [0.05, 0.1) is 12.1 Å². The number of nitrogens with one attached hydrogen (secondary N) is 1. The molecule has 0 bridgehead atoms. The van der Waals surface area contributed by atoms with Crippen molar-refractivity contribution in [3.8, 4) is 0 Å². The van der Waals surface area contributed by atoms with Crippen LogP contribution in [0.5, 0.6) is 0 Å². The molecule has 1 heterocycles. The third-order valence-electron chi connectivity index (χ3n) is 5.78. The van der Waals surface area contributed by atoms with Crippen LogP contribution in [0.3, 0.4) is 0 Å². The highest BCUT2D eigenvalue weighted by atomic mass is 32.1. The molecular weight excluding hydrogens is 396 g/mol. The molecule has 1 atom stereocenters. The number of aryl methyl sites for hydroxylation is 1. The van der Waals surface area contributed by atoms with E-state index >= 15 is 0 Å². The number of piperazine rings is 1. The number of carbonyl (C=O) groups is 1. The maximum absolute atomic E-state index is 12.6. The van der Waals surface area contributed by atoms with E-state index < -0.39 is 0 Å². The number of rotatable bonds is 6. The fourth-order valence-corrected chi connectivity index (χ4v) is 4.25. The van der Waals surface area contributed by atoms with E-state index in [1.807, 2.05) is 38.1 Å². The maximum Gasteiger partial charge on any atom is 0.169 e. The van der Waals surface area contributed by atoms with Gasteiger partial charge in [-0.3, -0.25) is 14.7 Å². The van der Waals surface area contributed by atoms with E-state index in [1.165, 1.54) is 5.56 Å². The average molecular weight is 429 g/mol. The van der Waals surface area contributed by atoms with Gasteiger partial charge in [-0.15, -0.1) is 0 Å². The summed E-state index contributed by atoms with van der Waals surface area (Å²) in [6.45, 7) is 10.1. The molecule has 30 heavy (non-hydrogen) atoms. The van der Waals surface area contributed by atoms with Crippen LogP contribution in [0.15, 0.2) is 40.6 Å². The number of ketones is 1. The Hall–Kier alpha value is -2.25. The quantitative estimate of drug-likeness (QED) is 0.536. The molecule has 0 spiro atoms. The van der Waals surface area contributed by atoms with Crippen LogP contribution in [0.4, 0.5) is 0 Å². The smallest absolute Gasteiger partial charge is 0.169 e. The lowest BCUT2D eigenvalue weighted by molar-refractivity contribution is -0.116. The van der Waals surface area contributed by atoms with Crippen LogP contribution in [-0.2, 0) is 4.79 Å². The largest absolute Gasteiger partial charge is 0.511 e. The number of Topliss-reactive ketones (excluding diaryl/α,β-unsaturated/α-hetero) is 1. The SMILES string of the molecule is CCNC(=S)N1CCN(CCN=CC2=C(O)CC(c3ccc(C)cc3)CC2=O)CC1. The van der Waals surface area contributed by atoms with Gasteiger partial charge in [-0.25, -0.2) is 0 Å². The van der Waals surface area contributed by atoms with Gasteiger partial charge in [0, 0.05) is 58.3 Å². The Kier molecular flexibility index (Phi) is 7.99. The Bertz CT molecular complexity index is 811. The van der Waals surface area contributed by atoms with E-state index in [4.69, 9.17) is 12.2 Å². The summed E-state index contributed by atoms with van der Waals surface area (Å²) in [5.74, 6) is 0.171. The van der Waals surface area contributed by atoms with Crippen LogP contribution in [0.2, 0.25) is 0 Å². The Labute approximate surface area is 184 Å². The summed E-state index contributed by atoms with van der Waals surface area (Å²) in [6.07, 6.45) is 2.48. The highest BCUT2D eigenvalue weighted by Gasteiger charge is 2.27. The van der Waals surface area contributed by atoms with Gasteiger partial charge in [0.25, 0.3) is 0 Å². The van der Waals surface area contributed by atoms with E-state index in [-0.39, 0.29) is 17.5 Å². The second kappa shape index (κ2) is 10.7. The number of hydrogen-bond acceptors (Lipinski definition) is 5. The number of allylic oxidation sites excluding steroid dienone is 2. The van der Waals surface area contributed by atoms with Crippen molar-refractivity contribution in [1.82, 2.24) is 15.1 Å². The molecule has 1 saturated heterocycles. The highest BCUT2D eigenvalue weighted by Crippen LogP contribution is 2.33. The summed E-state index contributed by atoms with van der Waals surface area (Å²) in [7, 11) is 0. The molecule has 0 amide bonds. The summed E-state index contributed by atoms with van der Waals surface area (Å²) < 4.78 is 0. The van der Waals surface area contributed by atoms with Crippen molar-refractivity contribution >= 4 is 29.3 Å². The molecule has 0 aromatic heterocycles. The van der Waals surface area contributed by atoms with Gasteiger partial charge < -0.3 is 15.3 Å². The van der Waals surface area contributed by atoms with Crippen LogP contribution in [0.25, 0.3) is 0 Å². The van der Waals surface area contributed by atoms with Gasteiger partial charge in [-0.1, -0.05) is 29.8 Å². The Balaban J connectivity index is 1.47. The summed E-state index contributed by atoms with van der Waals surface area (Å²) in [4.78, 5) is 21.5. The summed E-state index contributed by atoms with van der Waals surface area (Å²) in [5, 5.41) is 14.5. The number of aliphatic hydroxyl groups excluding tert-OH is 1. The second-order valence-electron chi connectivity index (χ2n) is 8.00. The Morgan fingerprint density at radius 3 is 2.57 bits per heavy atom.